The smallest absolute Gasteiger partial charge is 1.00 e. The molecule has 0 aliphatic heterocycles. The molecule has 4 heteroatoms. The van der Waals surface area contributed by atoms with Crippen LogP contribution in [0.25, 0.3) is 0 Å². The molecule has 9 heavy (non-hydrogen) atoms. The second kappa shape index (κ2) is 7.34. The van der Waals surface area contributed by atoms with Crippen LogP contribution in [0.3, 0.4) is 0 Å². The molecule has 0 aromatic heterocycles. The average molecular weight is 181 g/mol. The Bertz CT molecular complexity index is 62.9. The Morgan fingerprint density at radius 2 is 1.67 bits per heavy atom. The van der Waals surface area contributed by atoms with Crippen LogP contribution in [0.5, 0.6) is 0 Å². The van der Waals surface area contributed by atoms with Gasteiger partial charge in [-0.3, -0.25) is 0 Å². The van der Waals surface area contributed by atoms with E-state index < -0.39 is 8.07 Å². The second-order valence-electron chi connectivity index (χ2n) is 3.03. The standard InChI is InChI=1S/C5H14OSi.ClH.Mg.2H/c1-7(2,3)5-4-6;;;;/h6H,4-5H2,1-3H3;1H;;;/q;;+2;2*-1. The van der Waals surface area contributed by atoms with Gasteiger partial charge in [-0.25, -0.2) is 0 Å². The first-order chi connectivity index (χ1) is 3.06. The molecule has 56 valence electrons. The van der Waals surface area contributed by atoms with Crippen molar-refractivity contribution in [3.05, 3.63) is 0 Å². The van der Waals surface area contributed by atoms with Gasteiger partial charge in [0.05, 0.1) is 0 Å². The van der Waals surface area contributed by atoms with Crippen molar-refractivity contribution < 1.29 is 7.96 Å². The molecule has 0 aromatic rings. The van der Waals surface area contributed by atoms with E-state index in [1.807, 2.05) is 0 Å². The molecular formula is C5H17ClMgOSi. The third kappa shape index (κ3) is 17.6. The van der Waals surface area contributed by atoms with E-state index in [1.165, 1.54) is 0 Å². The van der Waals surface area contributed by atoms with E-state index in [2.05, 4.69) is 19.6 Å². The van der Waals surface area contributed by atoms with E-state index in [9.17, 15) is 0 Å². The van der Waals surface area contributed by atoms with Gasteiger partial charge in [0.25, 0.3) is 0 Å². The zero-order valence-corrected chi connectivity index (χ0v) is 9.71. The Hall–Kier alpha value is 1.23. The fourth-order valence-corrected chi connectivity index (χ4v) is 1.01. The van der Waals surface area contributed by atoms with E-state index >= 15 is 0 Å². The van der Waals surface area contributed by atoms with Gasteiger partial charge in [0, 0.05) is 14.7 Å². The molecule has 0 atom stereocenters. The predicted octanol–water partition coefficient (Wildman–Crippen LogP) is 1.58. The number of rotatable bonds is 2. The van der Waals surface area contributed by atoms with Crippen LogP contribution in [0.1, 0.15) is 2.85 Å². The minimum absolute atomic E-state index is 0. The molecule has 0 aliphatic carbocycles. The molecule has 0 fully saturated rings. The summed E-state index contributed by atoms with van der Waals surface area (Å²) in [4.78, 5) is 0. The molecule has 1 N–H and O–H groups in total. The maximum absolute atomic E-state index is 8.44. The molecule has 0 aromatic carbocycles. The Morgan fingerprint density at radius 3 is 1.67 bits per heavy atom. The Kier molecular flexibility index (Phi) is 13.6. The van der Waals surface area contributed by atoms with Crippen molar-refractivity contribution in [1.29, 1.82) is 0 Å². The first-order valence-corrected chi connectivity index (χ1v) is 6.38. The monoisotopic (exact) mass is 180 g/mol. The van der Waals surface area contributed by atoms with Gasteiger partial charge in [0.15, 0.2) is 0 Å². The molecular weight excluding hydrogens is 164 g/mol. The van der Waals surface area contributed by atoms with Gasteiger partial charge in [0.2, 0.25) is 0 Å². The van der Waals surface area contributed by atoms with Crippen LogP contribution in [-0.4, -0.2) is 42.8 Å². The molecule has 1 nitrogen and oxygen atoms in total. The molecule has 0 amide bonds. The van der Waals surface area contributed by atoms with E-state index in [0.717, 1.165) is 6.04 Å². The average Bonchev–Trinajstić information content (AvgIpc) is 1.30. The number of aliphatic hydroxyl groups excluding tert-OH is 1. The quantitative estimate of drug-likeness (QED) is 0.641. The first-order valence-electron chi connectivity index (χ1n) is 2.67. The van der Waals surface area contributed by atoms with Gasteiger partial charge < -0.3 is 7.96 Å². The van der Waals surface area contributed by atoms with Gasteiger partial charge in [-0.05, 0) is 6.04 Å². The summed E-state index contributed by atoms with van der Waals surface area (Å²) in [6.07, 6.45) is 0. The van der Waals surface area contributed by atoms with E-state index in [4.69, 9.17) is 5.11 Å². The van der Waals surface area contributed by atoms with Gasteiger partial charge >= 0.3 is 23.1 Å². The van der Waals surface area contributed by atoms with Crippen molar-refractivity contribution in [2.45, 2.75) is 25.7 Å². The minimum atomic E-state index is -0.907. The van der Waals surface area contributed by atoms with Crippen molar-refractivity contribution in [3.63, 3.8) is 0 Å². The maximum Gasteiger partial charge on any atom is 2.00 e. The summed E-state index contributed by atoms with van der Waals surface area (Å²) in [6.45, 7) is 7.13. The summed E-state index contributed by atoms with van der Waals surface area (Å²) < 4.78 is 0. The number of aliphatic hydroxyl groups is 1. The van der Waals surface area contributed by atoms with Gasteiger partial charge in [-0.2, -0.15) is 0 Å². The molecule has 0 bridgehead atoms. The van der Waals surface area contributed by atoms with Crippen molar-refractivity contribution in [2.75, 3.05) is 6.61 Å². The van der Waals surface area contributed by atoms with Crippen LogP contribution in [0.4, 0.5) is 0 Å². The summed E-state index contributed by atoms with van der Waals surface area (Å²) in [7, 11) is -0.907. The van der Waals surface area contributed by atoms with Crippen LogP contribution < -0.4 is 0 Å². The molecule has 0 spiro atoms. The fraction of sp³-hybridized carbons (Fsp3) is 1.00. The summed E-state index contributed by atoms with van der Waals surface area (Å²) in [5.74, 6) is 0. The van der Waals surface area contributed by atoms with Crippen molar-refractivity contribution >= 4 is 43.5 Å². The third-order valence-electron chi connectivity index (χ3n) is 0.862. The number of hydrogen-bond donors (Lipinski definition) is 1. The van der Waals surface area contributed by atoms with Crippen LogP contribution in [0.2, 0.25) is 25.7 Å². The van der Waals surface area contributed by atoms with E-state index in [1.54, 1.807) is 0 Å². The second-order valence-corrected chi connectivity index (χ2v) is 8.66. The van der Waals surface area contributed by atoms with Crippen LogP contribution in [0.15, 0.2) is 0 Å². The van der Waals surface area contributed by atoms with E-state index in [-0.39, 0.29) is 38.3 Å². The van der Waals surface area contributed by atoms with Crippen LogP contribution in [0, 0.1) is 0 Å². The van der Waals surface area contributed by atoms with Crippen LogP contribution in [-0.2, 0) is 0 Å². The predicted molar refractivity (Wildman–Crippen MR) is 50.5 cm³/mol. The Morgan fingerprint density at radius 1 is 1.33 bits per heavy atom. The SMILES string of the molecule is C[Si](C)(C)CCO.Cl.[H-].[H-].[Mg+2]. The summed E-state index contributed by atoms with van der Waals surface area (Å²) in [5, 5.41) is 8.44. The summed E-state index contributed by atoms with van der Waals surface area (Å²) in [6, 6.07) is 1.03. The molecule has 0 aliphatic rings. The van der Waals surface area contributed by atoms with Crippen molar-refractivity contribution in [1.82, 2.24) is 0 Å². The number of halogens is 1. The minimum Gasteiger partial charge on any atom is -1.00 e. The van der Waals surface area contributed by atoms with Gasteiger partial charge in [0.1, 0.15) is 0 Å². The largest absolute Gasteiger partial charge is 2.00 e. The zero-order chi connectivity index (χ0) is 5.91. The molecule has 0 saturated carbocycles. The van der Waals surface area contributed by atoms with Crippen LogP contribution >= 0.6 is 12.4 Å². The molecule has 0 rings (SSSR count). The van der Waals surface area contributed by atoms with E-state index in [0.29, 0.717) is 6.61 Å². The molecule has 0 unspecified atom stereocenters. The normalized spacial score (nSPS) is 9.33. The summed E-state index contributed by atoms with van der Waals surface area (Å²) in [5.41, 5.74) is 0. The summed E-state index contributed by atoms with van der Waals surface area (Å²) >= 11 is 0. The zero-order valence-electron chi connectivity index (χ0n) is 8.48. The van der Waals surface area contributed by atoms with Crippen molar-refractivity contribution in [2.24, 2.45) is 0 Å². The maximum atomic E-state index is 8.44. The molecule has 0 heterocycles. The molecule has 0 saturated heterocycles. The Balaban J connectivity index is -0.0000000300. The van der Waals surface area contributed by atoms with Gasteiger partial charge in [-0.1, -0.05) is 19.6 Å². The van der Waals surface area contributed by atoms with Gasteiger partial charge in [-0.15, -0.1) is 12.4 Å². The topological polar surface area (TPSA) is 20.2 Å². The molecule has 0 radical (unpaired) electrons. The van der Waals surface area contributed by atoms with Crippen molar-refractivity contribution in [3.8, 4) is 0 Å². The first kappa shape index (κ1) is 16.7. The fourth-order valence-electron chi connectivity index (χ4n) is 0.335. The number of hydrogen-bond acceptors (Lipinski definition) is 1. The third-order valence-corrected chi connectivity index (χ3v) is 2.59. The Labute approximate surface area is 83.8 Å².